The molecule has 0 spiro atoms. The lowest BCUT2D eigenvalue weighted by atomic mass is 9.87. The van der Waals surface area contributed by atoms with Gasteiger partial charge in [0.2, 0.25) is 0 Å². The average Bonchev–Trinajstić information content (AvgIpc) is 3.37. The van der Waals surface area contributed by atoms with E-state index in [0.29, 0.717) is 19.3 Å². The molecular weight excluding hydrogens is 648 g/mol. The van der Waals surface area contributed by atoms with Gasteiger partial charge < -0.3 is 29.9 Å². The maximum absolute atomic E-state index is 12.7. The summed E-state index contributed by atoms with van der Waals surface area (Å²) in [5, 5.41) is 40.7. The topological polar surface area (TPSA) is 151 Å². The Labute approximate surface area is 310 Å². The summed E-state index contributed by atoms with van der Waals surface area (Å²) < 4.78 is 10.5. The second-order valence-corrected chi connectivity index (χ2v) is 15.0. The summed E-state index contributed by atoms with van der Waals surface area (Å²) in [6, 6.07) is 0. The molecular formula is C42H76O9. The van der Waals surface area contributed by atoms with E-state index in [1.165, 1.54) is 83.5 Å². The smallest absolute Gasteiger partial charge is 0.306 e. The molecule has 0 aliphatic heterocycles. The molecule has 0 aromatic carbocycles. The zero-order chi connectivity index (χ0) is 37.5. The van der Waals surface area contributed by atoms with Crippen LogP contribution in [0.3, 0.4) is 0 Å². The molecule has 0 unspecified atom stereocenters. The number of aliphatic hydroxyl groups excluding tert-OH is 4. The van der Waals surface area contributed by atoms with Crippen LogP contribution in [-0.2, 0) is 23.9 Å². The van der Waals surface area contributed by atoms with E-state index in [2.05, 4.69) is 13.8 Å². The fraction of sp³-hybridized carbons (Fsp3) is 0.881. The van der Waals surface area contributed by atoms with Crippen LogP contribution in [0.25, 0.3) is 0 Å². The van der Waals surface area contributed by atoms with Crippen LogP contribution in [-0.4, -0.2) is 75.8 Å². The first-order valence-electron chi connectivity index (χ1n) is 20.9. The highest BCUT2D eigenvalue weighted by atomic mass is 16.6. The van der Waals surface area contributed by atoms with Gasteiger partial charge >= 0.3 is 11.9 Å². The third-order valence-corrected chi connectivity index (χ3v) is 10.3. The number of ketones is 1. The zero-order valence-electron chi connectivity index (χ0n) is 32.5. The van der Waals surface area contributed by atoms with E-state index in [1.807, 2.05) is 0 Å². The first-order valence-corrected chi connectivity index (χ1v) is 20.9. The van der Waals surface area contributed by atoms with Gasteiger partial charge in [-0.25, -0.2) is 0 Å². The molecule has 0 aromatic rings. The largest absolute Gasteiger partial charge is 0.462 e. The number of hydrogen-bond acceptors (Lipinski definition) is 9. The molecule has 9 heteroatoms. The maximum Gasteiger partial charge on any atom is 0.306 e. The van der Waals surface area contributed by atoms with E-state index in [9.17, 15) is 34.8 Å². The lowest BCUT2D eigenvalue weighted by Gasteiger charge is -2.20. The number of carbonyl (C=O) groups is 3. The summed E-state index contributed by atoms with van der Waals surface area (Å²) in [5.74, 6) is -1.71. The first kappa shape index (κ1) is 47.2. The molecule has 1 aliphatic rings. The maximum atomic E-state index is 12.7. The Bertz CT molecular complexity index is 907. The molecule has 4 N–H and O–H groups in total. The molecule has 0 radical (unpaired) electrons. The van der Waals surface area contributed by atoms with Crippen LogP contribution in [0.4, 0.5) is 0 Å². The summed E-state index contributed by atoms with van der Waals surface area (Å²) in [6.07, 6.45) is 26.1. The van der Waals surface area contributed by atoms with Gasteiger partial charge in [-0.3, -0.25) is 14.4 Å². The Hall–Kier alpha value is -1.81. The van der Waals surface area contributed by atoms with Crippen LogP contribution in [0.5, 0.6) is 0 Å². The van der Waals surface area contributed by atoms with E-state index < -0.39 is 48.9 Å². The van der Waals surface area contributed by atoms with Crippen molar-refractivity contribution in [2.75, 3.05) is 13.2 Å². The molecule has 0 bridgehead atoms. The molecule has 6 atom stereocenters. The van der Waals surface area contributed by atoms with Gasteiger partial charge in [0.15, 0.2) is 6.10 Å². The second kappa shape index (κ2) is 31.7. The van der Waals surface area contributed by atoms with Gasteiger partial charge in [-0.1, -0.05) is 142 Å². The highest BCUT2D eigenvalue weighted by Crippen LogP contribution is 2.36. The Morgan fingerprint density at radius 3 is 1.73 bits per heavy atom. The molecule has 0 saturated heterocycles. The SMILES string of the molecule is CCCCCCCCCCCCCCCCCCC(=O)O[C@@H](CO)COC(=O)CCCCC(=O)C[C@@H]1[C@@H](/C=C/[C@@H](O)CCCCC)[C@H](O)C[C@@H]1O. The minimum atomic E-state index is -0.892. The van der Waals surface area contributed by atoms with Crippen molar-refractivity contribution in [2.45, 2.75) is 212 Å². The van der Waals surface area contributed by atoms with Gasteiger partial charge in [0.25, 0.3) is 0 Å². The van der Waals surface area contributed by atoms with E-state index in [-0.39, 0.29) is 50.4 Å². The number of Topliss-reactive ketones (excluding diaryl/α,β-unsaturated/α-hetero) is 1. The van der Waals surface area contributed by atoms with Crippen LogP contribution in [0.2, 0.25) is 0 Å². The van der Waals surface area contributed by atoms with Crippen molar-refractivity contribution in [2.24, 2.45) is 11.8 Å². The van der Waals surface area contributed by atoms with Crippen molar-refractivity contribution in [1.29, 1.82) is 0 Å². The molecule has 1 fully saturated rings. The lowest BCUT2D eigenvalue weighted by Crippen LogP contribution is -2.28. The van der Waals surface area contributed by atoms with Crippen molar-refractivity contribution in [3.05, 3.63) is 12.2 Å². The summed E-state index contributed by atoms with van der Waals surface area (Å²) in [5.41, 5.74) is 0. The van der Waals surface area contributed by atoms with Crippen LogP contribution < -0.4 is 0 Å². The fourth-order valence-electron chi connectivity index (χ4n) is 7.02. The van der Waals surface area contributed by atoms with Gasteiger partial charge in [0, 0.05) is 43.9 Å². The molecule has 0 aromatic heterocycles. The fourth-order valence-corrected chi connectivity index (χ4v) is 7.02. The highest BCUT2D eigenvalue weighted by Gasteiger charge is 2.41. The number of carbonyl (C=O) groups excluding carboxylic acids is 3. The third-order valence-electron chi connectivity index (χ3n) is 10.3. The number of esters is 2. The summed E-state index contributed by atoms with van der Waals surface area (Å²) in [7, 11) is 0. The predicted octanol–water partition coefficient (Wildman–Crippen LogP) is 8.46. The molecule has 1 rings (SSSR count). The third kappa shape index (κ3) is 25.0. The van der Waals surface area contributed by atoms with Crippen molar-refractivity contribution >= 4 is 17.7 Å². The Balaban J connectivity index is 2.11. The Morgan fingerprint density at radius 2 is 1.16 bits per heavy atom. The van der Waals surface area contributed by atoms with Crippen molar-refractivity contribution in [3.8, 4) is 0 Å². The van der Waals surface area contributed by atoms with E-state index in [4.69, 9.17) is 9.47 Å². The quantitative estimate of drug-likeness (QED) is 0.0291. The van der Waals surface area contributed by atoms with Crippen molar-refractivity contribution < 1.29 is 44.3 Å². The standard InChI is InChI=1S/C42H76O9/c1-3-5-7-8-9-10-11-12-13-14-15-16-17-18-19-21-27-42(49)51-36(32-43)33-50-41(48)26-23-22-25-35(45)30-38-37(39(46)31-40(38)47)29-28-34(44)24-20-6-4-2/h28-29,34,36-40,43-44,46-47H,3-27,30-33H2,1-2H3/b29-28+/t34-,36-,37+,38+,39+,40-/m0/s1. The van der Waals surface area contributed by atoms with Gasteiger partial charge in [0.05, 0.1) is 24.9 Å². The lowest BCUT2D eigenvalue weighted by molar-refractivity contribution is -0.161. The summed E-state index contributed by atoms with van der Waals surface area (Å²) >= 11 is 0. The Morgan fingerprint density at radius 1 is 0.667 bits per heavy atom. The minimum Gasteiger partial charge on any atom is -0.462 e. The van der Waals surface area contributed by atoms with Gasteiger partial charge in [0.1, 0.15) is 12.4 Å². The summed E-state index contributed by atoms with van der Waals surface area (Å²) in [6.45, 7) is 3.73. The molecule has 1 saturated carbocycles. The summed E-state index contributed by atoms with van der Waals surface area (Å²) in [4.78, 5) is 37.1. The molecule has 0 amide bonds. The molecule has 51 heavy (non-hydrogen) atoms. The predicted molar refractivity (Wildman–Crippen MR) is 203 cm³/mol. The number of aliphatic hydroxyl groups is 4. The number of hydrogen-bond donors (Lipinski definition) is 4. The molecule has 0 heterocycles. The molecule has 9 nitrogen and oxygen atoms in total. The van der Waals surface area contributed by atoms with Gasteiger partial charge in [-0.15, -0.1) is 0 Å². The van der Waals surface area contributed by atoms with Crippen molar-refractivity contribution in [1.82, 2.24) is 0 Å². The monoisotopic (exact) mass is 725 g/mol. The van der Waals surface area contributed by atoms with Crippen molar-refractivity contribution in [3.63, 3.8) is 0 Å². The van der Waals surface area contributed by atoms with Crippen LogP contribution in [0.15, 0.2) is 12.2 Å². The molecule has 1 aliphatic carbocycles. The zero-order valence-corrected chi connectivity index (χ0v) is 32.5. The Kier molecular flexibility index (Phi) is 29.3. The molecule has 298 valence electrons. The minimum absolute atomic E-state index is 0.0417. The normalized spacial score (nSPS) is 20.1. The van der Waals surface area contributed by atoms with E-state index in [0.717, 1.165) is 38.5 Å². The number of unbranched alkanes of at least 4 members (excludes halogenated alkanes) is 18. The van der Waals surface area contributed by atoms with E-state index in [1.54, 1.807) is 12.2 Å². The van der Waals surface area contributed by atoms with E-state index >= 15 is 0 Å². The van der Waals surface area contributed by atoms with Gasteiger partial charge in [-0.05, 0) is 25.7 Å². The van der Waals surface area contributed by atoms with Crippen LogP contribution in [0, 0.1) is 11.8 Å². The van der Waals surface area contributed by atoms with Gasteiger partial charge in [-0.2, -0.15) is 0 Å². The second-order valence-electron chi connectivity index (χ2n) is 15.0. The van der Waals surface area contributed by atoms with Crippen LogP contribution in [0.1, 0.15) is 187 Å². The van der Waals surface area contributed by atoms with Crippen LogP contribution >= 0.6 is 0 Å². The highest BCUT2D eigenvalue weighted by molar-refractivity contribution is 5.79. The number of ether oxygens (including phenoxy) is 2. The number of rotatable bonds is 34. The first-order chi connectivity index (χ1) is 24.7. The average molecular weight is 725 g/mol.